The van der Waals surface area contributed by atoms with Gasteiger partial charge in [0.1, 0.15) is 23.5 Å². The Bertz CT molecular complexity index is 1350. The van der Waals surface area contributed by atoms with Gasteiger partial charge in [-0.3, -0.25) is 9.56 Å². The third-order valence-electron chi connectivity index (χ3n) is 5.28. The van der Waals surface area contributed by atoms with Gasteiger partial charge in [0.15, 0.2) is 5.82 Å². The second kappa shape index (κ2) is 9.47. The van der Waals surface area contributed by atoms with Crippen LogP contribution in [0.3, 0.4) is 0 Å². The molecule has 0 fully saturated rings. The minimum atomic E-state index is -0.438. The van der Waals surface area contributed by atoms with Gasteiger partial charge in [-0.2, -0.15) is 0 Å². The van der Waals surface area contributed by atoms with Gasteiger partial charge in [-0.05, 0) is 38.1 Å². The van der Waals surface area contributed by atoms with Crippen LogP contribution in [-0.2, 0) is 11.3 Å². The SMILES string of the molecule is Cc1nnc2n1-c1sc(C(C)OC(=O)c3ccccc3)cc1C(c1ccccc1Cl)=NC2.Cl. The number of aliphatic imine (C=N–C) groups is 1. The van der Waals surface area contributed by atoms with Gasteiger partial charge in [0.25, 0.3) is 0 Å². The summed E-state index contributed by atoms with van der Waals surface area (Å²) in [6.07, 6.45) is -0.438. The summed E-state index contributed by atoms with van der Waals surface area (Å²) in [5, 5.41) is 10.1. The van der Waals surface area contributed by atoms with Crippen LogP contribution in [0.1, 0.15) is 51.0 Å². The topological polar surface area (TPSA) is 69.4 Å². The molecule has 6 nitrogen and oxygen atoms in total. The summed E-state index contributed by atoms with van der Waals surface area (Å²) >= 11 is 8.06. The Kier molecular flexibility index (Phi) is 6.65. The molecule has 9 heteroatoms. The number of halogens is 2. The molecule has 5 rings (SSSR count). The molecule has 1 aliphatic rings. The van der Waals surface area contributed by atoms with E-state index in [1.165, 1.54) is 0 Å². The van der Waals surface area contributed by atoms with Crippen LogP contribution in [0.15, 0.2) is 65.7 Å². The highest BCUT2D eigenvalue weighted by Gasteiger charge is 2.27. The average molecular weight is 499 g/mol. The van der Waals surface area contributed by atoms with Crippen LogP contribution in [0.5, 0.6) is 0 Å². The number of nitrogens with zero attached hydrogens (tertiary/aromatic N) is 4. The smallest absolute Gasteiger partial charge is 0.338 e. The molecule has 33 heavy (non-hydrogen) atoms. The highest BCUT2D eigenvalue weighted by atomic mass is 35.5. The van der Waals surface area contributed by atoms with Crippen molar-refractivity contribution in [1.82, 2.24) is 14.8 Å². The van der Waals surface area contributed by atoms with E-state index in [-0.39, 0.29) is 18.4 Å². The first kappa shape index (κ1) is 23.2. The predicted molar refractivity (Wildman–Crippen MR) is 132 cm³/mol. The summed E-state index contributed by atoms with van der Waals surface area (Å²) in [7, 11) is 0. The van der Waals surface area contributed by atoms with Crippen LogP contribution >= 0.6 is 35.3 Å². The number of aryl methyl sites for hydroxylation is 1. The van der Waals surface area contributed by atoms with Crippen molar-refractivity contribution >= 4 is 47.0 Å². The molecule has 168 valence electrons. The lowest BCUT2D eigenvalue weighted by atomic mass is 10.0. The molecular formula is C24H20Cl2N4O2S. The monoisotopic (exact) mass is 498 g/mol. The molecule has 1 unspecified atom stereocenters. The van der Waals surface area contributed by atoms with E-state index >= 15 is 0 Å². The number of benzene rings is 2. The molecule has 0 radical (unpaired) electrons. The molecule has 1 aliphatic heterocycles. The number of carbonyl (C=O) groups is 1. The Morgan fingerprint density at radius 3 is 2.58 bits per heavy atom. The lowest BCUT2D eigenvalue weighted by Gasteiger charge is -2.11. The predicted octanol–water partition coefficient (Wildman–Crippen LogP) is 5.98. The van der Waals surface area contributed by atoms with E-state index in [1.807, 2.05) is 66.9 Å². The number of ether oxygens (including phenoxy) is 1. The number of carbonyl (C=O) groups excluding carboxylic acids is 1. The molecule has 4 aromatic rings. The first-order valence-corrected chi connectivity index (χ1v) is 11.3. The Morgan fingerprint density at radius 2 is 1.82 bits per heavy atom. The van der Waals surface area contributed by atoms with Crippen molar-refractivity contribution in [2.45, 2.75) is 26.5 Å². The molecule has 0 N–H and O–H groups in total. The minimum absolute atomic E-state index is 0. The van der Waals surface area contributed by atoms with Crippen molar-refractivity contribution in [3.63, 3.8) is 0 Å². The van der Waals surface area contributed by atoms with Crippen LogP contribution in [0.4, 0.5) is 0 Å². The summed E-state index contributed by atoms with van der Waals surface area (Å²) < 4.78 is 7.78. The van der Waals surface area contributed by atoms with E-state index in [9.17, 15) is 4.79 Å². The molecule has 0 aliphatic carbocycles. The van der Waals surface area contributed by atoms with Gasteiger partial charge < -0.3 is 4.74 Å². The Balaban J connectivity index is 0.00000259. The first-order valence-electron chi connectivity index (χ1n) is 10.1. The summed E-state index contributed by atoms with van der Waals surface area (Å²) in [6.45, 7) is 4.19. The fourth-order valence-corrected chi connectivity index (χ4v) is 5.12. The van der Waals surface area contributed by atoms with Crippen LogP contribution in [0.2, 0.25) is 5.02 Å². The minimum Gasteiger partial charge on any atom is -0.453 e. The summed E-state index contributed by atoms with van der Waals surface area (Å²) in [6, 6.07) is 18.7. The van der Waals surface area contributed by atoms with Crippen molar-refractivity contribution in [2.24, 2.45) is 4.99 Å². The van der Waals surface area contributed by atoms with Crippen LogP contribution in [0.25, 0.3) is 5.00 Å². The van der Waals surface area contributed by atoms with Crippen molar-refractivity contribution < 1.29 is 9.53 Å². The van der Waals surface area contributed by atoms with Gasteiger partial charge >= 0.3 is 5.97 Å². The van der Waals surface area contributed by atoms with E-state index in [1.54, 1.807) is 23.5 Å². The summed E-state index contributed by atoms with van der Waals surface area (Å²) in [4.78, 5) is 18.3. The molecule has 0 amide bonds. The highest BCUT2D eigenvalue weighted by molar-refractivity contribution is 7.15. The number of hydrogen-bond donors (Lipinski definition) is 0. The third kappa shape index (κ3) is 4.31. The molecular weight excluding hydrogens is 479 g/mol. The summed E-state index contributed by atoms with van der Waals surface area (Å²) in [5.74, 6) is 1.18. The number of hydrogen-bond acceptors (Lipinski definition) is 6. The third-order valence-corrected chi connectivity index (χ3v) is 6.89. The Hall–Kier alpha value is -3.00. The maximum absolute atomic E-state index is 12.6. The fraction of sp³-hybridized carbons (Fsp3) is 0.167. The molecule has 0 saturated carbocycles. The van der Waals surface area contributed by atoms with E-state index in [0.29, 0.717) is 17.1 Å². The van der Waals surface area contributed by atoms with Crippen molar-refractivity contribution in [1.29, 1.82) is 0 Å². The second-order valence-electron chi connectivity index (χ2n) is 7.42. The van der Waals surface area contributed by atoms with E-state index in [2.05, 4.69) is 10.2 Å². The first-order chi connectivity index (χ1) is 15.5. The van der Waals surface area contributed by atoms with E-state index in [4.69, 9.17) is 21.3 Å². The maximum Gasteiger partial charge on any atom is 0.338 e. The van der Waals surface area contributed by atoms with E-state index in [0.717, 1.165) is 38.4 Å². The lowest BCUT2D eigenvalue weighted by molar-refractivity contribution is 0.0345. The highest BCUT2D eigenvalue weighted by Crippen LogP contribution is 2.37. The Labute approximate surface area is 206 Å². The fourth-order valence-electron chi connectivity index (χ4n) is 3.69. The van der Waals surface area contributed by atoms with Crippen LogP contribution in [-0.4, -0.2) is 26.4 Å². The number of aromatic nitrogens is 3. The van der Waals surface area contributed by atoms with Crippen molar-refractivity contribution in [3.05, 3.63) is 98.9 Å². The zero-order chi connectivity index (χ0) is 22.2. The normalized spacial score (nSPS) is 13.1. The van der Waals surface area contributed by atoms with Gasteiger partial charge in [0, 0.05) is 21.0 Å². The van der Waals surface area contributed by atoms with Gasteiger partial charge in [-0.25, -0.2) is 4.79 Å². The van der Waals surface area contributed by atoms with Crippen LogP contribution in [0, 0.1) is 6.92 Å². The molecule has 0 spiro atoms. The van der Waals surface area contributed by atoms with Gasteiger partial charge in [-0.1, -0.05) is 48.0 Å². The molecule has 2 aromatic heterocycles. The van der Waals surface area contributed by atoms with Crippen molar-refractivity contribution in [2.75, 3.05) is 0 Å². The molecule has 1 atom stereocenters. The number of fused-ring (bicyclic) bond motifs is 3. The van der Waals surface area contributed by atoms with E-state index < -0.39 is 6.10 Å². The number of thiophene rings is 1. The van der Waals surface area contributed by atoms with Gasteiger partial charge in [0.05, 0.1) is 11.3 Å². The number of esters is 1. The van der Waals surface area contributed by atoms with Gasteiger partial charge in [0.2, 0.25) is 0 Å². The average Bonchev–Trinajstić information content (AvgIpc) is 3.35. The molecule has 3 heterocycles. The quantitative estimate of drug-likeness (QED) is 0.324. The second-order valence-corrected chi connectivity index (χ2v) is 8.89. The molecule has 2 aromatic carbocycles. The molecule has 0 bridgehead atoms. The lowest BCUT2D eigenvalue weighted by Crippen LogP contribution is -2.08. The number of rotatable bonds is 4. The van der Waals surface area contributed by atoms with Crippen molar-refractivity contribution in [3.8, 4) is 5.00 Å². The van der Waals surface area contributed by atoms with Gasteiger partial charge in [-0.15, -0.1) is 33.9 Å². The zero-order valence-corrected chi connectivity index (χ0v) is 20.2. The summed E-state index contributed by atoms with van der Waals surface area (Å²) in [5.41, 5.74) is 3.08. The Morgan fingerprint density at radius 1 is 1.09 bits per heavy atom. The standard InChI is InChI=1S/C24H19ClN4O2S.ClH/c1-14(31-24(30)16-8-4-3-5-9-16)20-12-18-22(17-10-6-7-11-19(17)25)26-13-21-28-27-15(2)29(21)23(18)32-20;/h3-12,14H,13H2,1-2H3;1H. The largest absolute Gasteiger partial charge is 0.453 e. The maximum atomic E-state index is 12.6. The molecule has 0 saturated heterocycles. The zero-order valence-electron chi connectivity index (χ0n) is 17.9. The van der Waals surface area contributed by atoms with Crippen LogP contribution < -0.4 is 0 Å².